The van der Waals surface area contributed by atoms with Gasteiger partial charge in [0.25, 0.3) is 6.43 Å². The number of ether oxygens (including phenoxy) is 3. The van der Waals surface area contributed by atoms with Gasteiger partial charge < -0.3 is 29.5 Å². The molecule has 13 heteroatoms. The highest BCUT2D eigenvalue weighted by Crippen LogP contribution is 2.32. The number of anilines is 1. The predicted octanol–water partition coefficient (Wildman–Crippen LogP) is 1.88. The summed E-state index contributed by atoms with van der Waals surface area (Å²) in [6.45, 7) is 3.97. The number of aliphatic hydroxyl groups is 1. The molecule has 3 aromatic rings. The third-order valence-electron chi connectivity index (χ3n) is 6.07. The Morgan fingerprint density at radius 1 is 1.08 bits per heavy atom. The number of nitrogens with zero attached hydrogens (tertiary/aromatic N) is 6. The third-order valence-corrected chi connectivity index (χ3v) is 6.07. The first-order valence-electron chi connectivity index (χ1n) is 12.1. The number of halogens is 2. The number of piperidine rings is 1. The van der Waals surface area contributed by atoms with Crippen LogP contribution in [-0.2, 0) is 4.74 Å². The van der Waals surface area contributed by atoms with E-state index in [-0.39, 0.29) is 36.8 Å². The van der Waals surface area contributed by atoms with Crippen LogP contribution >= 0.6 is 0 Å². The van der Waals surface area contributed by atoms with Crippen LogP contribution in [0.25, 0.3) is 17.0 Å². The van der Waals surface area contributed by atoms with Gasteiger partial charge in [-0.25, -0.2) is 13.8 Å². The quantitative estimate of drug-likeness (QED) is 0.417. The van der Waals surface area contributed by atoms with Crippen LogP contribution in [0.1, 0.15) is 31.5 Å². The van der Waals surface area contributed by atoms with E-state index in [1.807, 2.05) is 4.90 Å². The van der Waals surface area contributed by atoms with E-state index < -0.39 is 12.2 Å². The van der Waals surface area contributed by atoms with E-state index in [2.05, 4.69) is 25.3 Å². The number of imidazole rings is 1. The second kappa shape index (κ2) is 11.3. The summed E-state index contributed by atoms with van der Waals surface area (Å²) < 4.78 is 46.9. The summed E-state index contributed by atoms with van der Waals surface area (Å²) >= 11 is 0. The van der Waals surface area contributed by atoms with E-state index in [0.717, 1.165) is 25.9 Å². The Hall–Kier alpha value is -3.16. The number of aliphatic hydroxyl groups excluding tert-OH is 1. The summed E-state index contributed by atoms with van der Waals surface area (Å²) in [6, 6.07) is 5.11. The van der Waals surface area contributed by atoms with Gasteiger partial charge in [-0.2, -0.15) is 15.0 Å². The Morgan fingerprint density at radius 3 is 2.61 bits per heavy atom. The first-order chi connectivity index (χ1) is 17.6. The SMILES string of the molecule is OCCCOc1cccc2c1nc(C(F)F)n2-c1nc(OC2CCNCC2)nc(N2CCOCC2)n1. The summed E-state index contributed by atoms with van der Waals surface area (Å²) in [5, 5.41) is 12.3. The molecular weight excluding hydrogens is 476 g/mol. The molecule has 2 N–H and O–H groups in total. The molecule has 11 nitrogen and oxygen atoms in total. The van der Waals surface area contributed by atoms with E-state index in [4.69, 9.17) is 19.3 Å². The minimum absolute atomic E-state index is 0.000680. The predicted molar refractivity (Wildman–Crippen MR) is 126 cm³/mol. The highest BCUT2D eigenvalue weighted by Gasteiger charge is 2.27. The summed E-state index contributed by atoms with van der Waals surface area (Å²) in [7, 11) is 0. The second-order valence-electron chi connectivity index (χ2n) is 8.54. The van der Waals surface area contributed by atoms with Crippen LogP contribution in [0.2, 0.25) is 0 Å². The highest BCUT2D eigenvalue weighted by atomic mass is 19.3. The number of benzene rings is 1. The molecule has 2 saturated heterocycles. The molecule has 0 spiro atoms. The van der Waals surface area contributed by atoms with Crippen molar-refractivity contribution in [2.24, 2.45) is 0 Å². The Balaban J connectivity index is 1.60. The first kappa shape index (κ1) is 24.5. The average molecular weight is 506 g/mol. The van der Waals surface area contributed by atoms with Gasteiger partial charge in [0.2, 0.25) is 11.9 Å². The van der Waals surface area contributed by atoms with Crippen molar-refractivity contribution in [3.8, 4) is 17.7 Å². The molecule has 4 heterocycles. The average Bonchev–Trinajstić information content (AvgIpc) is 3.31. The van der Waals surface area contributed by atoms with Crippen molar-refractivity contribution in [2.45, 2.75) is 31.8 Å². The van der Waals surface area contributed by atoms with Gasteiger partial charge in [-0.15, -0.1) is 0 Å². The van der Waals surface area contributed by atoms with E-state index in [1.165, 1.54) is 4.57 Å². The molecule has 194 valence electrons. The fraction of sp³-hybridized carbons (Fsp3) is 0.565. The molecule has 0 atom stereocenters. The molecule has 2 aliphatic heterocycles. The van der Waals surface area contributed by atoms with E-state index in [1.54, 1.807) is 18.2 Å². The number of hydrogen-bond donors (Lipinski definition) is 2. The van der Waals surface area contributed by atoms with Gasteiger partial charge in [0.05, 0.1) is 25.3 Å². The van der Waals surface area contributed by atoms with Gasteiger partial charge in [0.15, 0.2) is 5.82 Å². The molecule has 0 saturated carbocycles. The van der Waals surface area contributed by atoms with Gasteiger partial charge in [0.1, 0.15) is 17.4 Å². The molecule has 2 fully saturated rings. The monoisotopic (exact) mass is 505 g/mol. The summed E-state index contributed by atoms with van der Waals surface area (Å²) in [4.78, 5) is 19.7. The van der Waals surface area contributed by atoms with Crippen LogP contribution < -0.4 is 19.7 Å². The molecule has 1 aromatic carbocycles. The van der Waals surface area contributed by atoms with E-state index >= 15 is 0 Å². The highest BCUT2D eigenvalue weighted by molar-refractivity contribution is 5.84. The summed E-state index contributed by atoms with van der Waals surface area (Å²) in [5.74, 6) is 0.177. The van der Waals surface area contributed by atoms with Crippen molar-refractivity contribution in [3.63, 3.8) is 0 Å². The van der Waals surface area contributed by atoms with E-state index in [9.17, 15) is 8.78 Å². The first-order valence-corrected chi connectivity index (χ1v) is 12.1. The number of morpholine rings is 1. The molecule has 2 aliphatic rings. The maximum absolute atomic E-state index is 14.2. The zero-order valence-corrected chi connectivity index (χ0v) is 19.8. The lowest BCUT2D eigenvalue weighted by molar-refractivity contribution is 0.121. The third kappa shape index (κ3) is 5.32. The van der Waals surface area contributed by atoms with Crippen molar-refractivity contribution in [1.82, 2.24) is 29.8 Å². The van der Waals surface area contributed by atoms with Crippen molar-refractivity contribution in [1.29, 1.82) is 0 Å². The molecule has 0 aliphatic carbocycles. The lowest BCUT2D eigenvalue weighted by Gasteiger charge is -2.28. The molecule has 5 rings (SSSR count). The van der Waals surface area contributed by atoms with Crippen molar-refractivity contribution < 1.29 is 28.1 Å². The Morgan fingerprint density at radius 2 is 1.86 bits per heavy atom. The molecule has 2 aromatic heterocycles. The number of aromatic nitrogens is 5. The minimum Gasteiger partial charge on any atom is -0.491 e. The van der Waals surface area contributed by atoms with E-state index in [0.29, 0.717) is 49.9 Å². The van der Waals surface area contributed by atoms with Crippen molar-refractivity contribution in [3.05, 3.63) is 24.0 Å². The van der Waals surface area contributed by atoms with Crippen LogP contribution in [0.3, 0.4) is 0 Å². The molecule has 0 radical (unpaired) electrons. The summed E-state index contributed by atoms with van der Waals surface area (Å²) in [5.41, 5.74) is 0.638. The Kier molecular flexibility index (Phi) is 7.68. The summed E-state index contributed by atoms with van der Waals surface area (Å²) in [6.07, 6.45) is -0.982. The smallest absolute Gasteiger partial charge is 0.323 e. The van der Waals surface area contributed by atoms with Gasteiger partial charge in [-0.05, 0) is 38.1 Å². The topological polar surface area (TPSA) is 120 Å². The standard InChI is InChI=1S/C23H29F2N7O4/c24-19(25)20-27-18-16(3-1-4-17(18)35-12-2-11-33)32(20)22-28-21(31-9-13-34-14-10-31)29-23(30-22)36-15-5-7-26-8-6-15/h1,3-4,15,19,26,33H,2,5-14H2. The zero-order valence-electron chi connectivity index (χ0n) is 19.8. The lowest BCUT2D eigenvalue weighted by atomic mass is 10.1. The van der Waals surface area contributed by atoms with Crippen molar-refractivity contribution >= 4 is 17.0 Å². The Bertz CT molecular complexity index is 1170. The maximum atomic E-state index is 14.2. The van der Waals surface area contributed by atoms with Gasteiger partial charge in [0, 0.05) is 26.1 Å². The second-order valence-corrected chi connectivity index (χ2v) is 8.54. The largest absolute Gasteiger partial charge is 0.491 e. The van der Waals surface area contributed by atoms with Crippen LogP contribution in [-0.4, -0.2) is 88.3 Å². The molecule has 0 unspecified atom stereocenters. The lowest BCUT2D eigenvalue weighted by Crippen LogP contribution is -2.38. The molecule has 36 heavy (non-hydrogen) atoms. The zero-order chi connectivity index (χ0) is 24.9. The number of alkyl halides is 2. The normalized spacial score (nSPS) is 17.2. The van der Waals surface area contributed by atoms with Gasteiger partial charge >= 0.3 is 6.01 Å². The van der Waals surface area contributed by atoms with Gasteiger partial charge in [-0.3, -0.25) is 4.57 Å². The fourth-order valence-electron chi connectivity index (χ4n) is 4.27. The van der Waals surface area contributed by atoms with Crippen LogP contribution in [0.15, 0.2) is 18.2 Å². The molecular formula is C23H29F2N7O4. The number of nitrogens with one attached hydrogen (secondary N) is 1. The fourth-order valence-corrected chi connectivity index (χ4v) is 4.27. The minimum atomic E-state index is -2.89. The molecule has 0 bridgehead atoms. The van der Waals surface area contributed by atoms with Crippen molar-refractivity contribution in [2.75, 3.05) is 57.5 Å². The molecule has 0 amide bonds. The number of hydrogen-bond acceptors (Lipinski definition) is 10. The maximum Gasteiger partial charge on any atom is 0.323 e. The Labute approximate surface area is 206 Å². The van der Waals surface area contributed by atoms with Crippen LogP contribution in [0.5, 0.6) is 11.8 Å². The van der Waals surface area contributed by atoms with Gasteiger partial charge in [-0.1, -0.05) is 6.07 Å². The number of para-hydroxylation sites is 1. The van der Waals surface area contributed by atoms with Crippen LogP contribution in [0, 0.1) is 0 Å². The number of rotatable bonds is 9. The number of fused-ring (bicyclic) bond motifs is 1. The van der Waals surface area contributed by atoms with Crippen LogP contribution in [0.4, 0.5) is 14.7 Å².